The molecule has 0 saturated carbocycles. The summed E-state index contributed by atoms with van der Waals surface area (Å²) in [5, 5.41) is 0. The van der Waals surface area contributed by atoms with Crippen LogP contribution in [0.1, 0.15) is 33.1 Å². The molecule has 0 rings (SSSR count). The summed E-state index contributed by atoms with van der Waals surface area (Å²) in [5.74, 6) is 0. The molecule has 0 heterocycles. The van der Waals surface area contributed by atoms with Gasteiger partial charge in [0.1, 0.15) is 0 Å². The van der Waals surface area contributed by atoms with Crippen molar-refractivity contribution in [1.82, 2.24) is 0 Å². The van der Waals surface area contributed by atoms with Crippen molar-refractivity contribution < 1.29 is 9.53 Å². The van der Waals surface area contributed by atoms with Crippen LogP contribution in [0, 0.1) is 0 Å². The van der Waals surface area contributed by atoms with Crippen LogP contribution in [0.25, 0.3) is 0 Å². The van der Waals surface area contributed by atoms with Crippen molar-refractivity contribution >= 4 is 18.9 Å². The number of carbonyl (C=O) groups excluding carboxylic acids is 1. The molecule has 11 heavy (non-hydrogen) atoms. The Hall–Kier alpha value is -0.280. The molecular formula is C7H16ClNO2. The van der Waals surface area contributed by atoms with Crippen molar-refractivity contribution in [2.24, 2.45) is 5.73 Å². The minimum absolute atomic E-state index is 0. The van der Waals surface area contributed by atoms with Crippen LogP contribution in [0.2, 0.25) is 0 Å². The molecule has 0 saturated heterocycles. The van der Waals surface area contributed by atoms with Crippen molar-refractivity contribution in [3.63, 3.8) is 0 Å². The Morgan fingerprint density at radius 2 is 2.18 bits per heavy atom. The van der Waals surface area contributed by atoms with E-state index in [1.165, 1.54) is 0 Å². The Labute approximate surface area is 73.7 Å². The zero-order valence-corrected chi connectivity index (χ0v) is 7.82. The SMILES string of the molecule is CCCCC(C)(N)OC=O.Cl. The standard InChI is InChI=1S/C7H15NO2.ClH/c1-3-4-5-7(2,8)10-6-9;/h6H,3-5,8H2,1-2H3;1H. The van der Waals surface area contributed by atoms with Crippen molar-refractivity contribution in [3.05, 3.63) is 0 Å². The van der Waals surface area contributed by atoms with E-state index in [0.717, 1.165) is 19.3 Å². The van der Waals surface area contributed by atoms with Crippen LogP contribution in [-0.4, -0.2) is 12.2 Å². The van der Waals surface area contributed by atoms with E-state index in [-0.39, 0.29) is 12.4 Å². The van der Waals surface area contributed by atoms with Gasteiger partial charge in [-0.3, -0.25) is 10.5 Å². The topological polar surface area (TPSA) is 52.3 Å². The maximum absolute atomic E-state index is 9.88. The molecule has 0 aliphatic rings. The van der Waals surface area contributed by atoms with Crippen LogP contribution in [-0.2, 0) is 9.53 Å². The molecule has 0 aliphatic heterocycles. The normalized spacial score (nSPS) is 14.5. The first-order valence-corrected chi connectivity index (χ1v) is 3.52. The Balaban J connectivity index is 0. The fourth-order valence-corrected chi connectivity index (χ4v) is 0.697. The lowest BCUT2D eigenvalue weighted by atomic mass is 10.1. The largest absolute Gasteiger partial charge is 0.447 e. The second kappa shape index (κ2) is 6.43. The molecule has 0 spiro atoms. The Kier molecular flexibility index (Phi) is 7.79. The maximum atomic E-state index is 9.88. The van der Waals surface area contributed by atoms with Gasteiger partial charge in [0.25, 0.3) is 6.47 Å². The van der Waals surface area contributed by atoms with Gasteiger partial charge in [-0.15, -0.1) is 12.4 Å². The van der Waals surface area contributed by atoms with Gasteiger partial charge >= 0.3 is 0 Å². The first-order valence-electron chi connectivity index (χ1n) is 3.52. The van der Waals surface area contributed by atoms with Crippen molar-refractivity contribution in [3.8, 4) is 0 Å². The van der Waals surface area contributed by atoms with Gasteiger partial charge in [-0.25, -0.2) is 0 Å². The van der Waals surface area contributed by atoms with E-state index >= 15 is 0 Å². The van der Waals surface area contributed by atoms with Gasteiger partial charge in [-0.2, -0.15) is 0 Å². The summed E-state index contributed by atoms with van der Waals surface area (Å²) in [4.78, 5) is 9.88. The fourth-order valence-electron chi connectivity index (χ4n) is 0.697. The second-order valence-electron chi connectivity index (χ2n) is 2.63. The minimum Gasteiger partial charge on any atom is -0.447 e. The summed E-state index contributed by atoms with van der Waals surface area (Å²) in [5.41, 5.74) is 4.79. The lowest BCUT2D eigenvalue weighted by molar-refractivity contribution is -0.142. The van der Waals surface area contributed by atoms with E-state index in [2.05, 4.69) is 11.7 Å². The van der Waals surface area contributed by atoms with E-state index in [0.29, 0.717) is 6.47 Å². The highest BCUT2D eigenvalue weighted by molar-refractivity contribution is 5.85. The Morgan fingerprint density at radius 3 is 2.55 bits per heavy atom. The summed E-state index contributed by atoms with van der Waals surface area (Å²) in [6.07, 6.45) is 2.78. The molecular weight excluding hydrogens is 166 g/mol. The van der Waals surface area contributed by atoms with Gasteiger partial charge in [0.05, 0.1) is 0 Å². The molecule has 0 aromatic carbocycles. The summed E-state index contributed by atoms with van der Waals surface area (Å²) in [7, 11) is 0. The molecule has 2 N–H and O–H groups in total. The molecule has 0 fully saturated rings. The third-order valence-corrected chi connectivity index (χ3v) is 1.34. The fraction of sp³-hybridized carbons (Fsp3) is 0.857. The molecule has 4 heteroatoms. The number of rotatable bonds is 5. The number of hydrogen-bond acceptors (Lipinski definition) is 3. The van der Waals surface area contributed by atoms with Crippen LogP contribution in [0.15, 0.2) is 0 Å². The smallest absolute Gasteiger partial charge is 0.294 e. The first-order chi connectivity index (χ1) is 4.62. The van der Waals surface area contributed by atoms with Gasteiger partial charge in [0, 0.05) is 6.42 Å². The van der Waals surface area contributed by atoms with E-state index in [1.807, 2.05) is 0 Å². The molecule has 68 valence electrons. The number of carbonyl (C=O) groups is 1. The van der Waals surface area contributed by atoms with E-state index in [9.17, 15) is 4.79 Å². The summed E-state index contributed by atoms with van der Waals surface area (Å²) < 4.78 is 4.63. The summed E-state index contributed by atoms with van der Waals surface area (Å²) in [6.45, 7) is 4.17. The molecule has 0 amide bonds. The number of hydrogen-bond donors (Lipinski definition) is 1. The Morgan fingerprint density at radius 1 is 1.64 bits per heavy atom. The molecule has 0 radical (unpaired) electrons. The molecule has 0 aliphatic carbocycles. The highest BCUT2D eigenvalue weighted by Crippen LogP contribution is 2.10. The van der Waals surface area contributed by atoms with Crippen LogP contribution in [0.5, 0.6) is 0 Å². The van der Waals surface area contributed by atoms with Gasteiger partial charge in [0.15, 0.2) is 5.72 Å². The molecule has 3 nitrogen and oxygen atoms in total. The molecule has 1 atom stereocenters. The van der Waals surface area contributed by atoms with E-state index in [4.69, 9.17) is 5.73 Å². The lowest BCUT2D eigenvalue weighted by Gasteiger charge is -2.21. The van der Waals surface area contributed by atoms with Crippen molar-refractivity contribution in [2.75, 3.05) is 0 Å². The predicted octanol–water partition coefficient (Wildman–Crippen LogP) is 1.45. The molecule has 0 aromatic heterocycles. The zero-order chi connectivity index (χ0) is 8.04. The minimum atomic E-state index is -0.766. The van der Waals surface area contributed by atoms with E-state index < -0.39 is 5.72 Å². The average Bonchev–Trinajstić information content (AvgIpc) is 1.84. The lowest BCUT2D eigenvalue weighted by Crippen LogP contribution is -2.38. The summed E-state index contributed by atoms with van der Waals surface area (Å²) >= 11 is 0. The third-order valence-electron chi connectivity index (χ3n) is 1.34. The quantitative estimate of drug-likeness (QED) is 0.516. The average molecular weight is 182 g/mol. The van der Waals surface area contributed by atoms with Gasteiger partial charge in [-0.1, -0.05) is 13.3 Å². The second-order valence-corrected chi connectivity index (χ2v) is 2.63. The van der Waals surface area contributed by atoms with Gasteiger partial charge in [0.2, 0.25) is 0 Å². The Bertz CT molecular complexity index is 107. The van der Waals surface area contributed by atoms with Crippen LogP contribution < -0.4 is 5.73 Å². The number of nitrogens with two attached hydrogens (primary N) is 1. The van der Waals surface area contributed by atoms with Crippen LogP contribution >= 0.6 is 12.4 Å². The monoisotopic (exact) mass is 181 g/mol. The number of halogens is 1. The molecule has 1 unspecified atom stereocenters. The van der Waals surface area contributed by atoms with Crippen molar-refractivity contribution in [2.45, 2.75) is 38.8 Å². The number of unbranched alkanes of at least 4 members (excludes halogenated alkanes) is 1. The molecule has 0 aromatic rings. The van der Waals surface area contributed by atoms with Crippen LogP contribution in [0.3, 0.4) is 0 Å². The van der Waals surface area contributed by atoms with Gasteiger partial charge < -0.3 is 4.74 Å². The summed E-state index contributed by atoms with van der Waals surface area (Å²) in [6, 6.07) is 0. The predicted molar refractivity (Wildman–Crippen MR) is 46.5 cm³/mol. The maximum Gasteiger partial charge on any atom is 0.294 e. The molecule has 0 bridgehead atoms. The number of ether oxygens (including phenoxy) is 1. The highest BCUT2D eigenvalue weighted by Gasteiger charge is 2.17. The highest BCUT2D eigenvalue weighted by atomic mass is 35.5. The van der Waals surface area contributed by atoms with E-state index in [1.54, 1.807) is 6.92 Å². The third kappa shape index (κ3) is 7.62. The first kappa shape index (κ1) is 13.3. The van der Waals surface area contributed by atoms with Gasteiger partial charge in [-0.05, 0) is 13.3 Å². The van der Waals surface area contributed by atoms with Crippen LogP contribution in [0.4, 0.5) is 0 Å². The van der Waals surface area contributed by atoms with Crippen molar-refractivity contribution in [1.29, 1.82) is 0 Å². The zero-order valence-electron chi connectivity index (χ0n) is 7.00.